The van der Waals surface area contributed by atoms with Gasteiger partial charge in [0.1, 0.15) is 5.75 Å². The molecule has 2 aromatic carbocycles. The van der Waals surface area contributed by atoms with Gasteiger partial charge in [0, 0.05) is 16.7 Å². The van der Waals surface area contributed by atoms with Crippen molar-refractivity contribution in [1.29, 1.82) is 0 Å². The van der Waals surface area contributed by atoms with Crippen LogP contribution in [0.4, 0.5) is 5.69 Å². The number of ether oxygens (including phenoxy) is 1. The summed E-state index contributed by atoms with van der Waals surface area (Å²) in [6.45, 7) is 5.34. The second kappa shape index (κ2) is 8.15. The summed E-state index contributed by atoms with van der Waals surface area (Å²) in [4.78, 5) is 0. The lowest BCUT2D eigenvalue weighted by Crippen LogP contribution is -2.27. The third kappa shape index (κ3) is 5.00. The van der Waals surface area contributed by atoms with E-state index < -0.39 is 0 Å². The zero-order chi connectivity index (χ0) is 15.9. The molecular weight excluding hydrogens is 360 g/mol. The molecule has 0 saturated heterocycles. The summed E-state index contributed by atoms with van der Waals surface area (Å²) < 4.78 is 6.58. The van der Waals surface area contributed by atoms with Gasteiger partial charge in [0.05, 0.1) is 6.61 Å². The van der Waals surface area contributed by atoms with Gasteiger partial charge in [0.2, 0.25) is 0 Å². The molecule has 2 N–H and O–H groups in total. The molecule has 5 heteroatoms. The number of hydrogen-bond donors (Lipinski definition) is 2. The first kappa shape index (κ1) is 16.8. The van der Waals surface area contributed by atoms with Crippen LogP contribution in [-0.2, 0) is 6.54 Å². The molecule has 0 spiro atoms. The number of aryl methyl sites for hydroxylation is 1. The second-order valence-corrected chi connectivity index (χ2v) is 6.11. The quantitative estimate of drug-likeness (QED) is 0.742. The molecule has 0 aliphatic rings. The molecule has 0 bridgehead atoms. The summed E-state index contributed by atoms with van der Waals surface area (Å²) in [5, 5.41) is 6.99. The first-order valence-electron chi connectivity index (χ1n) is 7.11. The van der Waals surface area contributed by atoms with Crippen molar-refractivity contribution in [2.75, 3.05) is 11.9 Å². The van der Waals surface area contributed by atoms with Crippen molar-refractivity contribution in [2.24, 2.45) is 0 Å². The van der Waals surface area contributed by atoms with Crippen molar-refractivity contribution < 1.29 is 4.74 Å². The molecule has 0 unspecified atom stereocenters. The lowest BCUT2D eigenvalue weighted by Gasteiger charge is -2.12. The lowest BCUT2D eigenvalue weighted by molar-refractivity contribution is 0.340. The Morgan fingerprint density at radius 2 is 2.05 bits per heavy atom. The zero-order valence-corrected chi connectivity index (χ0v) is 15.1. The molecule has 0 fully saturated rings. The molecule has 22 heavy (non-hydrogen) atoms. The Morgan fingerprint density at radius 3 is 2.77 bits per heavy atom. The van der Waals surface area contributed by atoms with Gasteiger partial charge in [-0.1, -0.05) is 28.1 Å². The Kier molecular flexibility index (Phi) is 6.21. The summed E-state index contributed by atoms with van der Waals surface area (Å²) in [6, 6.07) is 14.0. The molecule has 3 nitrogen and oxygen atoms in total. The Labute approximate surface area is 145 Å². The minimum atomic E-state index is 0.600. The average Bonchev–Trinajstić information content (AvgIpc) is 2.50. The van der Waals surface area contributed by atoms with Crippen LogP contribution in [0, 0.1) is 6.92 Å². The molecule has 0 aliphatic carbocycles. The van der Waals surface area contributed by atoms with Crippen LogP contribution >= 0.6 is 28.1 Å². The van der Waals surface area contributed by atoms with Crippen LogP contribution in [0.1, 0.15) is 18.1 Å². The van der Waals surface area contributed by atoms with E-state index in [4.69, 9.17) is 17.0 Å². The standard InChI is InChI=1S/C17H19BrN2OS/c1-3-21-15-6-4-5-13(10-15)11-19-17(22)20-14-7-8-16(18)12(2)9-14/h4-10H,3,11H2,1-2H3,(H2,19,20,22). The van der Waals surface area contributed by atoms with Gasteiger partial charge in [-0.2, -0.15) is 0 Å². The number of hydrogen-bond acceptors (Lipinski definition) is 2. The van der Waals surface area contributed by atoms with Crippen LogP contribution in [0.3, 0.4) is 0 Å². The fourth-order valence-electron chi connectivity index (χ4n) is 1.99. The first-order valence-corrected chi connectivity index (χ1v) is 8.31. The van der Waals surface area contributed by atoms with Crippen LogP contribution in [0.15, 0.2) is 46.9 Å². The summed E-state index contributed by atoms with van der Waals surface area (Å²) in [7, 11) is 0. The summed E-state index contributed by atoms with van der Waals surface area (Å²) in [6.07, 6.45) is 0. The van der Waals surface area contributed by atoms with E-state index in [1.165, 1.54) is 0 Å². The molecule has 0 saturated carbocycles. The molecule has 2 rings (SSSR count). The Hall–Kier alpha value is -1.59. The number of halogens is 1. The van der Waals surface area contributed by atoms with Crippen molar-refractivity contribution in [3.8, 4) is 5.75 Å². The molecule has 0 aromatic heterocycles. The highest BCUT2D eigenvalue weighted by atomic mass is 79.9. The predicted molar refractivity (Wildman–Crippen MR) is 99.6 cm³/mol. The topological polar surface area (TPSA) is 33.3 Å². The van der Waals surface area contributed by atoms with Gasteiger partial charge in [-0.15, -0.1) is 0 Å². The van der Waals surface area contributed by atoms with Crippen molar-refractivity contribution in [3.63, 3.8) is 0 Å². The van der Waals surface area contributed by atoms with Crippen molar-refractivity contribution in [1.82, 2.24) is 5.32 Å². The van der Waals surface area contributed by atoms with E-state index >= 15 is 0 Å². The molecule has 116 valence electrons. The van der Waals surface area contributed by atoms with Crippen LogP contribution < -0.4 is 15.4 Å². The lowest BCUT2D eigenvalue weighted by atomic mass is 10.2. The van der Waals surface area contributed by atoms with Crippen molar-refractivity contribution in [3.05, 3.63) is 58.1 Å². The number of anilines is 1. The molecular formula is C17H19BrN2OS. The highest BCUT2D eigenvalue weighted by molar-refractivity contribution is 9.10. The van der Waals surface area contributed by atoms with Crippen molar-refractivity contribution >= 4 is 38.9 Å². The van der Waals surface area contributed by atoms with Crippen LogP contribution in [0.25, 0.3) is 0 Å². The maximum Gasteiger partial charge on any atom is 0.171 e. The van der Waals surface area contributed by atoms with Crippen LogP contribution in [0.5, 0.6) is 5.75 Å². The molecule has 0 amide bonds. The molecule has 0 radical (unpaired) electrons. The van der Waals surface area contributed by atoms with Crippen molar-refractivity contribution in [2.45, 2.75) is 20.4 Å². The molecule has 0 aliphatic heterocycles. The van der Waals surface area contributed by atoms with E-state index in [1.807, 2.05) is 56.3 Å². The molecule has 0 atom stereocenters. The number of nitrogens with one attached hydrogen (secondary N) is 2. The van der Waals surface area contributed by atoms with Gasteiger partial charge in [-0.05, 0) is 67.5 Å². The number of benzene rings is 2. The van der Waals surface area contributed by atoms with E-state index in [0.717, 1.165) is 27.0 Å². The smallest absolute Gasteiger partial charge is 0.171 e. The largest absolute Gasteiger partial charge is 0.494 e. The second-order valence-electron chi connectivity index (χ2n) is 4.85. The Balaban J connectivity index is 1.89. The fraction of sp³-hybridized carbons (Fsp3) is 0.235. The molecule has 2 aromatic rings. The maximum absolute atomic E-state index is 5.49. The van der Waals surface area contributed by atoms with Gasteiger partial charge in [0.15, 0.2) is 5.11 Å². The summed E-state index contributed by atoms with van der Waals surface area (Å²) in [5.74, 6) is 0.879. The number of rotatable bonds is 5. The van der Waals surface area contributed by atoms with Gasteiger partial charge < -0.3 is 15.4 Å². The van der Waals surface area contributed by atoms with E-state index in [2.05, 4.69) is 26.6 Å². The first-order chi connectivity index (χ1) is 10.6. The highest BCUT2D eigenvalue weighted by Crippen LogP contribution is 2.20. The minimum Gasteiger partial charge on any atom is -0.494 e. The fourth-order valence-corrected chi connectivity index (χ4v) is 2.43. The van der Waals surface area contributed by atoms with Crippen LogP contribution in [-0.4, -0.2) is 11.7 Å². The molecule has 0 heterocycles. The van der Waals surface area contributed by atoms with Crippen LogP contribution in [0.2, 0.25) is 0 Å². The SMILES string of the molecule is CCOc1cccc(CNC(=S)Nc2ccc(Br)c(C)c2)c1. The maximum atomic E-state index is 5.49. The van der Waals surface area contributed by atoms with Gasteiger partial charge in [-0.25, -0.2) is 0 Å². The van der Waals surface area contributed by atoms with Gasteiger partial charge in [-0.3, -0.25) is 0 Å². The summed E-state index contributed by atoms with van der Waals surface area (Å²) >= 11 is 8.82. The third-order valence-electron chi connectivity index (χ3n) is 3.08. The Bertz CT molecular complexity index is 661. The van der Waals surface area contributed by atoms with E-state index in [0.29, 0.717) is 18.3 Å². The van der Waals surface area contributed by atoms with Gasteiger partial charge in [0.25, 0.3) is 0 Å². The zero-order valence-electron chi connectivity index (χ0n) is 12.7. The van der Waals surface area contributed by atoms with E-state index in [1.54, 1.807) is 0 Å². The normalized spacial score (nSPS) is 10.1. The third-order valence-corrected chi connectivity index (χ3v) is 4.21. The minimum absolute atomic E-state index is 0.600. The van der Waals surface area contributed by atoms with E-state index in [-0.39, 0.29) is 0 Å². The Morgan fingerprint density at radius 1 is 1.23 bits per heavy atom. The highest BCUT2D eigenvalue weighted by Gasteiger charge is 2.01. The number of thiocarbonyl (C=S) groups is 1. The van der Waals surface area contributed by atoms with Gasteiger partial charge >= 0.3 is 0 Å². The monoisotopic (exact) mass is 378 g/mol. The average molecular weight is 379 g/mol. The predicted octanol–water partition coefficient (Wildman–Crippen LogP) is 4.64. The summed E-state index contributed by atoms with van der Waals surface area (Å²) in [5.41, 5.74) is 3.26. The van der Waals surface area contributed by atoms with E-state index in [9.17, 15) is 0 Å².